The number of hydrogen-bond donors (Lipinski definition) is 1. The SMILES string of the molecule is CNCCCN1c2cccc(F)c2N(c2ccccc2F)S1(=O)=O.Cl. The van der Waals surface area contributed by atoms with E-state index >= 15 is 0 Å². The number of hydrogen-bond acceptors (Lipinski definition) is 3. The molecule has 1 aliphatic rings. The minimum atomic E-state index is -4.11. The molecule has 0 bridgehead atoms. The molecule has 0 saturated carbocycles. The van der Waals surface area contributed by atoms with Crippen LogP contribution in [-0.4, -0.2) is 28.6 Å². The third-order valence-electron chi connectivity index (χ3n) is 3.81. The zero-order valence-corrected chi connectivity index (χ0v) is 15.1. The summed E-state index contributed by atoms with van der Waals surface area (Å²) in [5.74, 6) is -1.44. The summed E-state index contributed by atoms with van der Waals surface area (Å²) in [4.78, 5) is 0. The van der Waals surface area contributed by atoms with Crippen molar-refractivity contribution in [2.75, 3.05) is 28.7 Å². The molecule has 0 saturated heterocycles. The molecule has 0 unspecified atom stereocenters. The van der Waals surface area contributed by atoms with Gasteiger partial charge < -0.3 is 5.32 Å². The highest BCUT2D eigenvalue weighted by atomic mass is 35.5. The summed E-state index contributed by atoms with van der Waals surface area (Å²) in [6.07, 6.45) is 0.538. The highest BCUT2D eigenvalue weighted by molar-refractivity contribution is 7.95. The van der Waals surface area contributed by atoms with Crippen LogP contribution < -0.4 is 13.9 Å². The van der Waals surface area contributed by atoms with Crippen LogP contribution in [-0.2, 0) is 10.2 Å². The second kappa shape index (κ2) is 7.55. The molecule has 9 heteroatoms. The van der Waals surface area contributed by atoms with Gasteiger partial charge in [0.1, 0.15) is 17.3 Å². The van der Waals surface area contributed by atoms with Gasteiger partial charge in [0.05, 0.1) is 11.4 Å². The summed E-state index contributed by atoms with van der Waals surface area (Å²) in [6, 6.07) is 9.57. The fourth-order valence-corrected chi connectivity index (χ4v) is 4.50. The molecule has 0 fully saturated rings. The first-order valence-electron chi connectivity index (χ1n) is 7.49. The van der Waals surface area contributed by atoms with Gasteiger partial charge in [-0.3, -0.25) is 4.31 Å². The van der Waals surface area contributed by atoms with E-state index in [1.54, 1.807) is 7.05 Å². The molecule has 3 rings (SSSR count). The van der Waals surface area contributed by atoms with Crippen molar-refractivity contribution in [2.24, 2.45) is 0 Å². The van der Waals surface area contributed by atoms with Crippen molar-refractivity contribution >= 4 is 39.7 Å². The Kier molecular flexibility index (Phi) is 5.87. The smallest absolute Gasteiger partial charge is 0.320 e. The molecule has 2 aromatic carbocycles. The molecule has 0 aliphatic carbocycles. The van der Waals surface area contributed by atoms with Gasteiger partial charge in [-0.05, 0) is 44.3 Å². The molecular weight excluding hydrogens is 372 g/mol. The highest BCUT2D eigenvalue weighted by Crippen LogP contribution is 2.47. The number of benzene rings is 2. The van der Waals surface area contributed by atoms with Crippen LogP contribution in [0.3, 0.4) is 0 Å². The van der Waals surface area contributed by atoms with E-state index in [0.29, 0.717) is 13.0 Å². The van der Waals surface area contributed by atoms with Crippen LogP contribution >= 0.6 is 12.4 Å². The number of para-hydroxylation sites is 2. The van der Waals surface area contributed by atoms with Crippen LogP contribution in [0.1, 0.15) is 6.42 Å². The highest BCUT2D eigenvalue weighted by Gasteiger charge is 2.43. The second-order valence-corrected chi connectivity index (χ2v) is 7.06. The van der Waals surface area contributed by atoms with Gasteiger partial charge >= 0.3 is 10.2 Å². The van der Waals surface area contributed by atoms with Crippen LogP contribution in [0.2, 0.25) is 0 Å². The minimum absolute atomic E-state index is 0. The van der Waals surface area contributed by atoms with E-state index in [-0.39, 0.29) is 36.0 Å². The predicted molar refractivity (Wildman–Crippen MR) is 97.0 cm³/mol. The van der Waals surface area contributed by atoms with E-state index in [1.807, 2.05) is 0 Å². The summed E-state index contributed by atoms with van der Waals surface area (Å²) in [5.41, 5.74) is -0.124. The van der Waals surface area contributed by atoms with Crippen molar-refractivity contribution in [3.63, 3.8) is 0 Å². The monoisotopic (exact) mass is 389 g/mol. The summed E-state index contributed by atoms with van der Waals surface area (Å²) in [6.45, 7) is 0.779. The molecule has 2 aromatic rings. The van der Waals surface area contributed by atoms with Crippen molar-refractivity contribution in [3.05, 3.63) is 54.1 Å². The molecule has 1 aliphatic heterocycles. The fourth-order valence-electron chi connectivity index (χ4n) is 2.74. The van der Waals surface area contributed by atoms with Gasteiger partial charge in [0.15, 0.2) is 0 Å². The zero-order chi connectivity index (χ0) is 17.3. The van der Waals surface area contributed by atoms with Crippen LogP contribution in [0.15, 0.2) is 42.5 Å². The van der Waals surface area contributed by atoms with E-state index < -0.39 is 21.8 Å². The first-order valence-corrected chi connectivity index (χ1v) is 8.89. The summed E-state index contributed by atoms with van der Waals surface area (Å²) in [7, 11) is -2.34. The largest absolute Gasteiger partial charge is 0.331 e. The molecule has 0 radical (unpaired) electrons. The lowest BCUT2D eigenvalue weighted by atomic mass is 10.2. The molecule has 0 aromatic heterocycles. The Morgan fingerprint density at radius 3 is 2.32 bits per heavy atom. The van der Waals surface area contributed by atoms with Crippen molar-refractivity contribution in [3.8, 4) is 0 Å². The van der Waals surface area contributed by atoms with Gasteiger partial charge in [-0.1, -0.05) is 18.2 Å². The Bertz CT molecular complexity index is 864. The maximum atomic E-state index is 14.4. The molecule has 0 atom stereocenters. The van der Waals surface area contributed by atoms with Crippen molar-refractivity contribution in [1.82, 2.24) is 5.32 Å². The maximum absolute atomic E-state index is 14.4. The normalized spacial score (nSPS) is 15.0. The molecule has 136 valence electrons. The Balaban J connectivity index is 0.00000225. The van der Waals surface area contributed by atoms with Gasteiger partial charge in [-0.2, -0.15) is 8.42 Å². The van der Waals surface area contributed by atoms with Gasteiger partial charge in [0.2, 0.25) is 0 Å². The third kappa shape index (κ3) is 3.29. The number of halogens is 3. The Labute approximate surface area is 151 Å². The molecule has 1 heterocycles. The summed E-state index contributed by atoms with van der Waals surface area (Å²) >= 11 is 0. The van der Waals surface area contributed by atoms with E-state index in [0.717, 1.165) is 14.7 Å². The Morgan fingerprint density at radius 1 is 1.00 bits per heavy atom. The van der Waals surface area contributed by atoms with Crippen LogP contribution in [0.5, 0.6) is 0 Å². The number of nitrogens with zero attached hydrogens (tertiary/aromatic N) is 2. The minimum Gasteiger partial charge on any atom is -0.320 e. The number of rotatable bonds is 5. The lowest BCUT2D eigenvalue weighted by molar-refractivity contribution is 0.586. The van der Waals surface area contributed by atoms with Gasteiger partial charge in [-0.15, -0.1) is 12.4 Å². The van der Waals surface area contributed by atoms with Gasteiger partial charge in [-0.25, -0.2) is 13.1 Å². The average molecular weight is 390 g/mol. The first kappa shape index (κ1) is 19.4. The second-order valence-electron chi connectivity index (χ2n) is 5.36. The lowest BCUT2D eigenvalue weighted by Crippen LogP contribution is -2.37. The number of nitrogens with one attached hydrogen (secondary N) is 1. The van der Waals surface area contributed by atoms with E-state index in [4.69, 9.17) is 0 Å². The van der Waals surface area contributed by atoms with Crippen LogP contribution in [0, 0.1) is 11.6 Å². The van der Waals surface area contributed by atoms with Gasteiger partial charge in [0, 0.05) is 6.54 Å². The molecular formula is C16H18ClF2N3O2S. The van der Waals surface area contributed by atoms with E-state index in [9.17, 15) is 17.2 Å². The fraction of sp³-hybridized carbons (Fsp3) is 0.250. The maximum Gasteiger partial charge on any atom is 0.331 e. The summed E-state index contributed by atoms with van der Waals surface area (Å²) in [5, 5.41) is 2.94. The standard InChI is InChI=1S/C16H17F2N3O2S.ClH/c1-19-10-5-11-20-15-9-4-7-13(18)16(15)21(24(20,22)23)14-8-3-2-6-12(14)17;/h2-4,6-9,19H,5,10-11H2,1H3;1H. The van der Waals surface area contributed by atoms with Crippen LogP contribution in [0.25, 0.3) is 0 Å². The van der Waals surface area contributed by atoms with Crippen molar-refractivity contribution < 1.29 is 17.2 Å². The number of anilines is 3. The number of fused-ring (bicyclic) bond motifs is 1. The summed E-state index contributed by atoms with van der Waals surface area (Å²) < 4.78 is 56.3. The molecule has 0 spiro atoms. The third-order valence-corrected chi connectivity index (χ3v) is 5.58. The molecule has 5 nitrogen and oxygen atoms in total. The quantitative estimate of drug-likeness (QED) is 0.799. The van der Waals surface area contributed by atoms with Crippen molar-refractivity contribution in [2.45, 2.75) is 6.42 Å². The Hall–Kier alpha value is -1.90. The average Bonchev–Trinajstić information content (AvgIpc) is 2.77. The van der Waals surface area contributed by atoms with E-state index in [1.165, 1.54) is 36.4 Å². The topological polar surface area (TPSA) is 52.6 Å². The zero-order valence-electron chi connectivity index (χ0n) is 13.4. The first-order chi connectivity index (χ1) is 11.5. The van der Waals surface area contributed by atoms with Crippen LogP contribution in [0.4, 0.5) is 25.8 Å². The van der Waals surface area contributed by atoms with Gasteiger partial charge in [0.25, 0.3) is 0 Å². The van der Waals surface area contributed by atoms with Crippen molar-refractivity contribution in [1.29, 1.82) is 0 Å². The molecule has 0 amide bonds. The molecule has 25 heavy (non-hydrogen) atoms. The van der Waals surface area contributed by atoms with E-state index in [2.05, 4.69) is 5.32 Å². The molecule has 1 N–H and O–H groups in total. The Morgan fingerprint density at radius 2 is 1.64 bits per heavy atom. The lowest BCUT2D eigenvalue weighted by Gasteiger charge is -2.22. The predicted octanol–water partition coefficient (Wildman–Crippen LogP) is 3.20.